The summed E-state index contributed by atoms with van der Waals surface area (Å²) >= 11 is 7.22. The molecule has 2 heterocycles. The number of piperazine rings is 1. The predicted molar refractivity (Wildman–Crippen MR) is 74.0 cm³/mol. The van der Waals surface area contributed by atoms with Crippen LogP contribution in [0.25, 0.3) is 0 Å². The van der Waals surface area contributed by atoms with E-state index in [0.29, 0.717) is 12.3 Å². The standard InChI is InChI=1S/C12H18ClN3OS/c1-9-7-15(2)3-4-16(9)12(17)5-11-14-10(6-13)8-18-11/h8-9H,3-7H2,1-2H3. The number of likely N-dealkylation sites (N-methyl/N-ethyl adjacent to an activating group) is 1. The molecule has 1 aliphatic heterocycles. The smallest absolute Gasteiger partial charge is 0.229 e. The van der Waals surface area contributed by atoms with E-state index in [9.17, 15) is 4.79 Å². The second-order valence-corrected chi connectivity index (χ2v) is 5.95. The van der Waals surface area contributed by atoms with Gasteiger partial charge in [0.1, 0.15) is 5.01 Å². The number of hydrogen-bond donors (Lipinski definition) is 0. The van der Waals surface area contributed by atoms with E-state index in [1.807, 2.05) is 10.3 Å². The lowest BCUT2D eigenvalue weighted by atomic mass is 10.2. The third-order valence-electron chi connectivity index (χ3n) is 3.19. The first kappa shape index (κ1) is 13.8. The van der Waals surface area contributed by atoms with Gasteiger partial charge in [0, 0.05) is 31.1 Å². The van der Waals surface area contributed by atoms with Crippen molar-refractivity contribution in [3.63, 3.8) is 0 Å². The van der Waals surface area contributed by atoms with Gasteiger partial charge in [-0.3, -0.25) is 4.79 Å². The summed E-state index contributed by atoms with van der Waals surface area (Å²) < 4.78 is 0. The van der Waals surface area contributed by atoms with Crippen LogP contribution in [0, 0.1) is 0 Å². The number of thiazole rings is 1. The minimum Gasteiger partial charge on any atom is -0.337 e. The Balaban J connectivity index is 1.95. The molecule has 0 aliphatic carbocycles. The van der Waals surface area contributed by atoms with Gasteiger partial charge in [0.15, 0.2) is 0 Å². The molecule has 0 radical (unpaired) electrons. The van der Waals surface area contributed by atoms with Crippen LogP contribution in [0.2, 0.25) is 0 Å². The molecule has 0 aromatic carbocycles. The molecule has 1 unspecified atom stereocenters. The van der Waals surface area contributed by atoms with E-state index < -0.39 is 0 Å². The Bertz CT molecular complexity index is 423. The molecule has 2 rings (SSSR count). The van der Waals surface area contributed by atoms with Gasteiger partial charge < -0.3 is 9.80 Å². The average Bonchev–Trinajstić information content (AvgIpc) is 2.76. The van der Waals surface area contributed by atoms with Gasteiger partial charge in [0.25, 0.3) is 0 Å². The molecular weight excluding hydrogens is 270 g/mol. The maximum Gasteiger partial charge on any atom is 0.229 e. The van der Waals surface area contributed by atoms with Crippen molar-refractivity contribution in [3.8, 4) is 0 Å². The van der Waals surface area contributed by atoms with Crippen molar-refractivity contribution in [1.29, 1.82) is 0 Å². The lowest BCUT2D eigenvalue weighted by molar-refractivity contribution is -0.134. The van der Waals surface area contributed by atoms with E-state index in [0.717, 1.165) is 30.3 Å². The highest BCUT2D eigenvalue weighted by atomic mass is 35.5. The zero-order valence-corrected chi connectivity index (χ0v) is 12.3. The summed E-state index contributed by atoms with van der Waals surface area (Å²) in [5.41, 5.74) is 0.857. The van der Waals surface area contributed by atoms with Crippen LogP contribution in [-0.4, -0.2) is 53.4 Å². The van der Waals surface area contributed by atoms with Crippen LogP contribution in [0.15, 0.2) is 5.38 Å². The third kappa shape index (κ3) is 3.22. The number of aromatic nitrogens is 1. The summed E-state index contributed by atoms with van der Waals surface area (Å²) in [6.45, 7) is 4.79. The van der Waals surface area contributed by atoms with Crippen LogP contribution in [0.5, 0.6) is 0 Å². The molecule has 0 bridgehead atoms. The van der Waals surface area contributed by atoms with Crippen LogP contribution in [0.1, 0.15) is 17.6 Å². The molecule has 0 spiro atoms. The van der Waals surface area contributed by atoms with Gasteiger partial charge in [-0.15, -0.1) is 22.9 Å². The van der Waals surface area contributed by atoms with Crippen molar-refractivity contribution in [2.75, 3.05) is 26.7 Å². The Morgan fingerprint density at radius 2 is 2.39 bits per heavy atom. The van der Waals surface area contributed by atoms with Crippen LogP contribution in [0.4, 0.5) is 0 Å². The van der Waals surface area contributed by atoms with Gasteiger partial charge in [-0.1, -0.05) is 0 Å². The molecule has 1 aliphatic rings. The van der Waals surface area contributed by atoms with Crippen molar-refractivity contribution < 1.29 is 4.79 Å². The topological polar surface area (TPSA) is 36.4 Å². The fraction of sp³-hybridized carbons (Fsp3) is 0.667. The Morgan fingerprint density at radius 1 is 1.61 bits per heavy atom. The van der Waals surface area contributed by atoms with Crippen molar-refractivity contribution in [3.05, 3.63) is 16.1 Å². The quantitative estimate of drug-likeness (QED) is 0.792. The number of hydrogen-bond acceptors (Lipinski definition) is 4. The first-order chi connectivity index (χ1) is 8.60. The van der Waals surface area contributed by atoms with Gasteiger partial charge in [0.05, 0.1) is 18.0 Å². The number of amides is 1. The fourth-order valence-electron chi connectivity index (χ4n) is 2.23. The number of rotatable bonds is 3. The van der Waals surface area contributed by atoms with Crippen LogP contribution in [-0.2, 0) is 17.1 Å². The molecule has 1 fully saturated rings. The minimum absolute atomic E-state index is 0.172. The van der Waals surface area contributed by atoms with E-state index in [1.54, 1.807) is 0 Å². The monoisotopic (exact) mass is 287 g/mol. The fourth-order valence-corrected chi connectivity index (χ4v) is 3.25. The van der Waals surface area contributed by atoms with E-state index in [1.165, 1.54) is 11.3 Å². The SMILES string of the molecule is CC1CN(C)CCN1C(=O)Cc1nc(CCl)cs1. The first-order valence-electron chi connectivity index (χ1n) is 6.07. The lowest BCUT2D eigenvalue weighted by Crippen LogP contribution is -2.53. The second-order valence-electron chi connectivity index (χ2n) is 4.74. The average molecular weight is 288 g/mol. The maximum absolute atomic E-state index is 12.2. The van der Waals surface area contributed by atoms with E-state index in [2.05, 4.69) is 23.9 Å². The number of alkyl halides is 1. The zero-order valence-electron chi connectivity index (χ0n) is 10.7. The number of carbonyl (C=O) groups excluding carboxylic acids is 1. The summed E-state index contributed by atoms with van der Waals surface area (Å²) in [7, 11) is 2.09. The van der Waals surface area contributed by atoms with Gasteiger partial charge in [-0.2, -0.15) is 0 Å². The Hall–Kier alpha value is -0.650. The maximum atomic E-state index is 12.2. The Morgan fingerprint density at radius 3 is 3.00 bits per heavy atom. The molecule has 0 N–H and O–H groups in total. The highest BCUT2D eigenvalue weighted by molar-refractivity contribution is 7.09. The van der Waals surface area contributed by atoms with Crippen molar-refractivity contribution in [2.45, 2.75) is 25.3 Å². The summed E-state index contributed by atoms with van der Waals surface area (Å²) in [4.78, 5) is 20.8. The van der Waals surface area contributed by atoms with Gasteiger partial charge in [0.2, 0.25) is 5.91 Å². The molecule has 100 valence electrons. The van der Waals surface area contributed by atoms with Gasteiger partial charge >= 0.3 is 0 Å². The van der Waals surface area contributed by atoms with Crippen molar-refractivity contribution >= 4 is 28.8 Å². The van der Waals surface area contributed by atoms with Crippen molar-refractivity contribution in [1.82, 2.24) is 14.8 Å². The molecule has 18 heavy (non-hydrogen) atoms. The molecule has 1 aromatic rings. The molecule has 1 atom stereocenters. The third-order valence-corrected chi connectivity index (χ3v) is 4.36. The van der Waals surface area contributed by atoms with Crippen LogP contribution < -0.4 is 0 Å². The molecule has 1 saturated heterocycles. The molecule has 4 nitrogen and oxygen atoms in total. The molecule has 1 amide bonds. The van der Waals surface area contributed by atoms with Gasteiger partial charge in [-0.05, 0) is 14.0 Å². The van der Waals surface area contributed by atoms with E-state index in [-0.39, 0.29) is 11.9 Å². The van der Waals surface area contributed by atoms with Crippen LogP contribution >= 0.6 is 22.9 Å². The van der Waals surface area contributed by atoms with E-state index >= 15 is 0 Å². The summed E-state index contributed by atoms with van der Waals surface area (Å²) in [5, 5.41) is 2.78. The molecule has 0 saturated carbocycles. The predicted octanol–water partition coefficient (Wildman–Crippen LogP) is 1.59. The molecule has 6 heteroatoms. The summed E-state index contributed by atoms with van der Waals surface area (Å²) in [5.74, 6) is 0.585. The molecular formula is C12H18ClN3OS. The highest BCUT2D eigenvalue weighted by Gasteiger charge is 2.26. The number of carbonyl (C=O) groups is 1. The van der Waals surface area contributed by atoms with Crippen LogP contribution in [0.3, 0.4) is 0 Å². The lowest BCUT2D eigenvalue weighted by Gasteiger charge is -2.38. The Kier molecular flexibility index (Phi) is 4.59. The zero-order chi connectivity index (χ0) is 13.1. The number of nitrogens with zero attached hydrogens (tertiary/aromatic N) is 3. The number of halogens is 1. The minimum atomic E-state index is 0.172. The first-order valence-corrected chi connectivity index (χ1v) is 7.49. The highest BCUT2D eigenvalue weighted by Crippen LogP contribution is 2.15. The molecule has 1 aromatic heterocycles. The second kappa shape index (κ2) is 5.99. The van der Waals surface area contributed by atoms with Gasteiger partial charge in [-0.25, -0.2) is 4.98 Å². The Labute approximate surface area is 117 Å². The van der Waals surface area contributed by atoms with E-state index in [4.69, 9.17) is 11.6 Å². The largest absolute Gasteiger partial charge is 0.337 e. The normalized spacial score (nSPS) is 21.3. The van der Waals surface area contributed by atoms with Crippen molar-refractivity contribution in [2.24, 2.45) is 0 Å². The summed E-state index contributed by atoms with van der Waals surface area (Å²) in [6, 6.07) is 0.281. The summed E-state index contributed by atoms with van der Waals surface area (Å²) in [6.07, 6.45) is 0.398.